The molecule has 1 rings (SSSR count). The number of nitrogens with one attached hydrogen (secondary N) is 1. The number of nitrogens with two attached hydrogens (primary N) is 1. The van der Waals surface area contributed by atoms with Crippen molar-refractivity contribution in [2.45, 2.75) is 38.8 Å². The van der Waals surface area contributed by atoms with E-state index in [1.165, 1.54) is 0 Å². The summed E-state index contributed by atoms with van der Waals surface area (Å²) < 4.78 is 4.82. The first-order valence-electron chi connectivity index (χ1n) is 6.81. The minimum absolute atomic E-state index is 0.291. The highest BCUT2D eigenvalue weighted by Crippen LogP contribution is 2.04. The molecule has 1 aromatic carbocycles. The van der Waals surface area contributed by atoms with E-state index >= 15 is 0 Å². The average Bonchev–Trinajstić information content (AvgIpc) is 2.45. The van der Waals surface area contributed by atoms with Crippen LogP contribution in [0.4, 0.5) is 0 Å². The summed E-state index contributed by atoms with van der Waals surface area (Å²) in [6.07, 6.45) is 1.26. The molecule has 110 valence electrons. The topological polar surface area (TPSA) is 81.4 Å². The van der Waals surface area contributed by atoms with Crippen LogP contribution in [-0.2, 0) is 20.7 Å². The smallest absolute Gasteiger partial charge is 0.328 e. The van der Waals surface area contributed by atoms with Crippen molar-refractivity contribution < 1.29 is 14.3 Å². The van der Waals surface area contributed by atoms with Gasteiger partial charge in [-0.05, 0) is 32.3 Å². The molecule has 2 atom stereocenters. The molecule has 0 aliphatic carbocycles. The fraction of sp³-hybridized carbons (Fsp3) is 0.467. The molecule has 5 nitrogen and oxygen atoms in total. The molecule has 2 unspecified atom stereocenters. The lowest BCUT2D eigenvalue weighted by atomic mass is 10.1. The largest absolute Gasteiger partial charge is 0.464 e. The van der Waals surface area contributed by atoms with Gasteiger partial charge in [-0.1, -0.05) is 30.3 Å². The van der Waals surface area contributed by atoms with Gasteiger partial charge in [-0.2, -0.15) is 0 Å². The van der Waals surface area contributed by atoms with E-state index in [9.17, 15) is 9.59 Å². The van der Waals surface area contributed by atoms with Crippen LogP contribution in [0.3, 0.4) is 0 Å². The molecule has 5 heteroatoms. The fourth-order valence-corrected chi connectivity index (χ4v) is 1.74. The van der Waals surface area contributed by atoms with Crippen LogP contribution in [0.2, 0.25) is 0 Å². The van der Waals surface area contributed by atoms with Gasteiger partial charge < -0.3 is 15.8 Å². The molecular formula is C15H22N2O3. The summed E-state index contributed by atoms with van der Waals surface area (Å²) in [5.74, 6) is -0.780. The number of benzene rings is 1. The number of ether oxygens (including phenoxy) is 1. The normalized spacial score (nSPS) is 13.3. The van der Waals surface area contributed by atoms with Gasteiger partial charge in [-0.25, -0.2) is 4.79 Å². The monoisotopic (exact) mass is 278 g/mol. The molecule has 0 fully saturated rings. The van der Waals surface area contributed by atoms with Crippen LogP contribution < -0.4 is 11.1 Å². The summed E-state index contributed by atoms with van der Waals surface area (Å²) in [5, 5.41) is 2.56. The zero-order valence-corrected chi connectivity index (χ0v) is 12.0. The first-order valence-corrected chi connectivity index (χ1v) is 6.81. The van der Waals surface area contributed by atoms with Crippen LogP contribution in [0, 0.1) is 0 Å². The average molecular weight is 278 g/mol. The first-order chi connectivity index (χ1) is 9.54. The van der Waals surface area contributed by atoms with Crippen LogP contribution in [0.15, 0.2) is 30.3 Å². The van der Waals surface area contributed by atoms with Crippen molar-refractivity contribution in [1.82, 2.24) is 5.32 Å². The number of esters is 1. The molecular weight excluding hydrogens is 256 g/mol. The fourth-order valence-electron chi connectivity index (χ4n) is 1.74. The predicted octanol–water partition coefficient (Wildman–Crippen LogP) is 1.01. The van der Waals surface area contributed by atoms with Crippen molar-refractivity contribution in [1.29, 1.82) is 0 Å². The van der Waals surface area contributed by atoms with Crippen LogP contribution in [0.5, 0.6) is 0 Å². The summed E-state index contributed by atoms with van der Waals surface area (Å²) in [4.78, 5) is 23.2. The zero-order chi connectivity index (χ0) is 15.0. The number of rotatable bonds is 7. The molecule has 0 aromatic heterocycles. The second kappa shape index (κ2) is 8.32. The molecule has 0 aliphatic heterocycles. The number of carbonyl (C=O) groups excluding carboxylic acids is 2. The van der Waals surface area contributed by atoms with E-state index in [-0.39, 0.29) is 5.91 Å². The molecule has 0 heterocycles. The van der Waals surface area contributed by atoms with Crippen LogP contribution in [0.25, 0.3) is 0 Å². The highest BCUT2D eigenvalue weighted by molar-refractivity contribution is 5.87. The van der Waals surface area contributed by atoms with E-state index in [0.717, 1.165) is 12.0 Å². The Hall–Kier alpha value is -1.88. The number of hydrogen-bond acceptors (Lipinski definition) is 4. The molecule has 3 N–H and O–H groups in total. The van der Waals surface area contributed by atoms with Crippen molar-refractivity contribution in [3.05, 3.63) is 35.9 Å². The van der Waals surface area contributed by atoms with Gasteiger partial charge in [-0.3, -0.25) is 4.79 Å². The van der Waals surface area contributed by atoms with E-state index in [0.29, 0.717) is 13.0 Å². The van der Waals surface area contributed by atoms with Crippen molar-refractivity contribution >= 4 is 11.9 Å². The first kappa shape index (κ1) is 16.2. The van der Waals surface area contributed by atoms with Gasteiger partial charge in [0.25, 0.3) is 0 Å². The molecule has 0 aliphatic rings. The van der Waals surface area contributed by atoms with Crippen LogP contribution in [0.1, 0.15) is 25.8 Å². The summed E-state index contributed by atoms with van der Waals surface area (Å²) in [5.41, 5.74) is 6.96. The van der Waals surface area contributed by atoms with E-state index in [2.05, 4.69) is 5.32 Å². The van der Waals surface area contributed by atoms with Crippen molar-refractivity contribution in [2.75, 3.05) is 6.61 Å². The van der Waals surface area contributed by atoms with E-state index < -0.39 is 18.1 Å². The Morgan fingerprint density at radius 1 is 1.30 bits per heavy atom. The lowest BCUT2D eigenvalue weighted by Crippen LogP contribution is -2.47. The third kappa shape index (κ3) is 5.40. The molecule has 1 amide bonds. The molecule has 0 spiro atoms. The Kier molecular flexibility index (Phi) is 6.73. The van der Waals surface area contributed by atoms with Gasteiger partial charge >= 0.3 is 5.97 Å². The van der Waals surface area contributed by atoms with Gasteiger partial charge in [0.1, 0.15) is 6.04 Å². The van der Waals surface area contributed by atoms with Gasteiger partial charge in [0.2, 0.25) is 5.91 Å². The Morgan fingerprint density at radius 3 is 2.55 bits per heavy atom. The maximum Gasteiger partial charge on any atom is 0.328 e. The Morgan fingerprint density at radius 2 is 1.95 bits per heavy atom. The molecule has 0 saturated heterocycles. The number of amides is 1. The Labute approximate surface area is 119 Å². The minimum atomic E-state index is -0.676. The molecule has 0 bridgehead atoms. The Bertz CT molecular complexity index is 434. The maximum atomic E-state index is 11.8. The summed E-state index contributed by atoms with van der Waals surface area (Å²) in [7, 11) is 0. The zero-order valence-electron chi connectivity index (χ0n) is 12.0. The maximum absolute atomic E-state index is 11.8. The number of hydrogen-bond donors (Lipinski definition) is 2. The minimum Gasteiger partial charge on any atom is -0.464 e. The second-order valence-electron chi connectivity index (χ2n) is 4.61. The number of aryl methyl sites for hydroxylation is 1. The lowest BCUT2D eigenvalue weighted by molar-refractivity contribution is -0.147. The Balaban J connectivity index is 2.37. The van der Waals surface area contributed by atoms with E-state index in [4.69, 9.17) is 10.5 Å². The SMILES string of the molecule is CCOC(=O)C(C)NC(=O)C(N)CCc1ccccc1. The number of carbonyl (C=O) groups is 2. The summed E-state index contributed by atoms with van der Waals surface area (Å²) in [6, 6.07) is 8.51. The molecule has 0 radical (unpaired) electrons. The van der Waals surface area contributed by atoms with E-state index in [1.54, 1.807) is 13.8 Å². The van der Waals surface area contributed by atoms with Crippen LogP contribution >= 0.6 is 0 Å². The highest BCUT2D eigenvalue weighted by atomic mass is 16.5. The highest BCUT2D eigenvalue weighted by Gasteiger charge is 2.20. The van der Waals surface area contributed by atoms with Crippen molar-refractivity contribution in [3.63, 3.8) is 0 Å². The quantitative estimate of drug-likeness (QED) is 0.729. The van der Waals surface area contributed by atoms with Gasteiger partial charge in [-0.15, -0.1) is 0 Å². The van der Waals surface area contributed by atoms with Crippen LogP contribution in [-0.4, -0.2) is 30.6 Å². The second-order valence-corrected chi connectivity index (χ2v) is 4.61. The third-order valence-electron chi connectivity index (χ3n) is 2.92. The van der Waals surface area contributed by atoms with Gasteiger partial charge in [0, 0.05) is 0 Å². The summed E-state index contributed by atoms with van der Waals surface area (Å²) >= 11 is 0. The predicted molar refractivity (Wildman–Crippen MR) is 77.0 cm³/mol. The lowest BCUT2D eigenvalue weighted by Gasteiger charge is -2.16. The molecule has 20 heavy (non-hydrogen) atoms. The van der Waals surface area contributed by atoms with Gasteiger partial charge in [0.05, 0.1) is 12.6 Å². The van der Waals surface area contributed by atoms with Gasteiger partial charge in [0.15, 0.2) is 0 Å². The molecule has 1 aromatic rings. The van der Waals surface area contributed by atoms with Crippen molar-refractivity contribution in [3.8, 4) is 0 Å². The summed E-state index contributed by atoms with van der Waals surface area (Å²) in [6.45, 7) is 3.59. The van der Waals surface area contributed by atoms with Crippen molar-refractivity contribution in [2.24, 2.45) is 5.73 Å². The molecule has 0 saturated carbocycles. The third-order valence-corrected chi connectivity index (χ3v) is 2.92. The van der Waals surface area contributed by atoms with E-state index in [1.807, 2.05) is 30.3 Å². The standard InChI is InChI=1S/C15H22N2O3/c1-3-20-15(19)11(2)17-14(18)13(16)10-9-12-7-5-4-6-8-12/h4-8,11,13H,3,9-10,16H2,1-2H3,(H,17,18).